The van der Waals surface area contributed by atoms with Crippen LogP contribution < -0.4 is 4.74 Å². The number of pyridine rings is 1. The Hall–Kier alpha value is -4.99. The van der Waals surface area contributed by atoms with Gasteiger partial charge in [0.1, 0.15) is 17.3 Å². The maximum absolute atomic E-state index is 6.94. The third kappa shape index (κ3) is 6.47. The van der Waals surface area contributed by atoms with Crippen LogP contribution in [0.3, 0.4) is 0 Å². The molecule has 2 aromatic heterocycles. The van der Waals surface area contributed by atoms with E-state index in [1.807, 2.05) is 42.6 Å². The number of fused-ring (bicyclic) bond motifs is 3. The summed E-state index contributed by atoms with van der Waals surface area (Å²) in [5.41, 5.74) is 7.01. The predicted octanol–water partition coefficient (Wildman–Crippen LogP) is 11.9. The van der Waals surface area contributed by atoms with Gasteiger partial charge >= 0.3 is 21.1 Å². The van der Waals surface area contributed by atoms with Crippen LogP contribution in [0.2, 0.25) is 0 Å². The molecule has 0 N–H and O–H groups in total. The number of aromatic nitrogens is 2. The van der Waals surface area contributed by atoms with Crippen molar-refractivity contribution < 1.29 is 30.5 Å². The van der Waals surface area contributed by atoms with Crippen molar-refractivity contribution in [2.45, 2.75) is 71.9 Å². The van der Waals surface area contributed by atoms with E-state index in [1.54, 1.807) is 0 Å². The molecule has 2 atom stereocenters. The van der Waals surface area contributed by atoms with E-state index in [-0.39, 0.29) is 32.4 Å². The van der Waals surface area contributed by atoms with Crippen LogP contribution in [0.15, 0.2) is 126 Å². The summed E-state index contributed by atoms with van der Waals surface area (Å²) in [5.74, 6) is 2.73. The van der Waals surface area contributed by atoms with Gasteiger partial charge in [-0.1, -0.05) is 142 Å². The van der Waals surface area contributed by atoms with E-state index in [0.29, 0.717) is 17.4 Å². The number of rotatable bonds is 7. The van der Waals surface area contributed by atoms with E-state index in [9.17, 15) is 0 Å². The zero-order chi connectivity index (χ0) is 37.1. The van der Waals surface area contributed by atoms with Crippen LogP contribution in [-0.2, 0) is 36.8 Å². The van der Waals surface area contributed by atoms with Crippen LogP contribution >= 0.6 is 0 Å². The van der Waals surface area contributed by atoms with Gasteiger partial charge < -0.3 is 14.0 Å². The maximum Gasteiger partial charge on any atom is 2.00 e. The fraction of sp³-hybridized carbons (Fsp3) is 0.250. The van der Waals surface area contributed by atoms with Crippen LogP contribution in [0.25, 0.3) is 38.8 Å². The molecule has 0 radical (unpaired) electrons. The summed E-state index contributed by atoms with van der Waals surface area (Å²) in [5, 5.41) is 2.24. The fourth-order valence-corrected chi connectivity index (χ4v) is 7.51. The summed E-state index contributed by atoms with van der Waals surface area (Å²) in [6.45, 7) is 17.5. The first kappa shape index (κ1) is 37.3. The Balaban J connectivity index is 0.00000450. The van der Waals surface area contributed by atoms with E-state index in [1.165, 1.54) is 11.1 Å². The summed E-state index contributed by atoms with van der Waals surface area (Å²) in [6.07, 6.45) is 1.90. The minimum Gasteiger partial charge on any atom is -0.508 e. The van der Waals surface area contributed by atoms with E-state index in [2.05, 4.69) is 151 Å². The van der Waals surface area contributed by atoms with Crippen molar-refractivity contribution in [2.24, 2.45) is 10.9 Å². The molecule has 5 aromatic carbocycles. The molecule has 0 aliphatic carbocycles. The van der Waals surface area contributed by atoms with E-state index in [4.69, 9.17) is 19.5 Å². The van der Waals surface area contributed by atoms with Crippen molar-refractivity contribution in [1.29, 1.82) is 0 Å². The Labute approximate surface area is 333 Å². The van der Waals surface area contributed by atoms with Gasteiger partial charge in [0.05, 0.1) is 5.54 Å². The summed E-state index contributed by atoms with van der Waals surface area (Å²) in [6, 6.07) is 47.0. The van der Waals surface area contributed by atoms with Crippen molar-refractivity contribution in [3.63, 3.8) is 0 Å². The summed E-state index contributed by atoms with van der Waals surface area (Å²) < 4.78 is 15.9. The van der Waals surface area contributed by atoms with Crippen molar-refractivity contribution in [3.05, 3.63) is 156 Å². The van der Waals surface area contributed by atoms with Gasteiger partial charge in [-0.15, -0.1) is 23.6 Å². The van der Waals surface area contributed by atoms with E-state index >= 15 is 0 Å². The molecule has 274 valence electrons. The van der Waals surface area contributed by atoms with Crippen LogP contribution in [0.4, 0.5) is 0 Å². The second kappa shape index (κ2) is 14.0. The number of benzene rings is 5. The maximum atomic E-state index is 6.94. The number of nitrogens with zero attached hydrogens (tertiary/aromatic N) is 3. The number of hydrogen-bond acceptors (Lipinski definition) is 4. The van der Waals surface area contributed by atoms with Gasteiger partial charge in [-0.05, 0) is 72.4 Å². The SMILES string of the molecule is Cc1ccc2c(c1)c1ccc(Oc3[c-]c(C4=N[C@](C)(C(C)C)[C@@](C)(c5ccccc5)O4)cc(-c4ccccc4)c3)[c-]c1n2-c1cc(C(C)(C)C)ccn1.[Pt+2]. The van der Waals surface area contributed by atoms with Crippen LogP contribution in [0.1, 0.15) is 70.7 Å². The molecule has 7 aromatic rings. The van der Waals surface area contributed by atoms with Crippen LogP contribution in [0.5, 0.6) is 11.5 Å². The summed E-state index contributed by atoms with van der Waals surface area (Å²) >= 11 is 0. The molecule has 1 aliphatic heterocycles. The van der Waals surface area contributed by atoms with Crippen molar-refractivity contribution in [1.82, 2.24) is 9.55 Å². The molecule has 54 heavy (non-hydrogen) atoms. The topological polar surface area (TPSA) is 48.6 Å². The molecular formula is C48H45N3O2Pt. The van der Waals surface area contributed by atoms with Gasteiger partial charge in [0, 0.05) is 23.2 Å². The zero-order valence-corrected chi connectivity index (χ0v) is 34.4. The fourth-order valence-electron chi connectivity index (χ4n) is 7.51. The molecular weight excluding hydrogens is 846 g/mol. The van der Waals surface area contributed by atoms with Gasteiger partial charge in [-0.25, -0.2) is 4.98 Å². The third-order valence-electron chi connectivity index (χ3n) is 11.1. The standard InChI is InChI=1S/C48H45N3O2.Pt/c1-31(2)47(7)48(8,36-17-13-10-14-18-36)53-45(50-47)35-26-34(33-15-11-9-12-16-33)27-39(28-35)52-38-20-21-40-41-25-32(3)19-22-42(41)51(43(40)30-38)44-29-37(23-24-49-44)46(4,5)6;/h9-27,29,31H,1-8H3;/q-2;+2/t47-,48-;/m1./s1. The summed E-state index contributed by atoms with van der Waals surface area (Å²) in [4.78, 5) is 10.2. The first-order valence-electron chi connectivity index (χ1n) is 18.4. The Kier molecular flexibility index (Phi) is 9.69. The van der Waals surface area contributed by atoms with Crippen molar-refractivity contribution in [2.75, 3.05) is 0 Å². The Bertz CT molecular complexity index is 2520. The zero-order valence-electron chi connectivity index (χ0n) is 32.1. The molecule has 0 spiro atoms. The predicted molar refractivity (Wildman–Crippen MR) is 216 cm³/mol. The molecule has 8 rings (SSSR count). The molecule has 0 bridgehead atoms. The van der Waals surface area contributed by atoms with Gasteiger partial charge in [-0.2, -0.15) is 6.07 Å². The van der Waals surface area contributed by atoms with Gasteiger partial charge in [0.15, 0.2) is 0 Å². The minimum atomic E-state index is -0.682. The molecule has 1 aliphatic rings. The summed E-state index contributed by atoms with van der Waals surface area (Å²) in [7, 11) is 0. The molecule has 0 saturated carbocycles. The molecule has 3 heterocycles. The molecule has 0 unspecified atom stereocenters. The Morgan fingerprint density at radius 1 is 0.759 bits per heavy atom. The van der Waals surface area contributed by atoms with Gasteiger partial charge in [0.2, 0.25) is 0 Å². The number of aliphatic imine (C=N–C) groups is 1. The number of aryl methyl sites for hydroxylation is 1. The quantitative estimate of drug-likeness (QED) is 0.150. The van der Waals surface area contributed by atoms with Crippen molar-refractivity contribution >= 4 is 27.7 Å². The Morgan fingerprint density at radius 3 is 2.19 bits per heavy atom. The van der Waals surface area contributed by atoms with E-state index in [0.717, 1.165) is 49.9 Å². The molecule has 0 fully saturated rings. The average molecular weight is 891 g/mol. The first-order chi connectivity index (χ1) is 25.3. The number of ether oxygens (including phenoxy) is 2. The monoisotopic (exact) mass is 890 g/mol. The van der Waals surface area contributed by atoms with Crippen molar-refractivity contribution in [3.8, 4) is 28.4 Å². The van der Waals surface area contributed by atoms with Gasteiger partial charge in [-0.3, -0.25) is 4.99 Å². The van der Waals surface area contributed by atoms with Crippen LogP contribution in [-0.4, -0.2) is 21.0 Å². The number of hydrogen-bond donors (Lipinski definition) is 0. The second-order valence-corrected chi connectivity index (χ2v) is 15.9. The largest absolute Gasteiger partial charge is 2.00 e. The minimum absolute atomic E-state index is 0. The normalized spacial score (nSPS) is 18.4. The second-order valence-electron chi connectivity index (χ2n) is 15.9. The Morgan fingerprint density at radius 2 is 1.48 bits per heavy atom. The van der Waals surface area contributed by atoms with Gasteiger partial charge in [0.25, 0.3) is 0 Å². The van der Waals surface area contributed by atoms with E-state index < -0.39 is 11.1 Å². The smallest absolute Gasteiger partial charge is 0.508 e. The third-order valence-corrected chi connectivity index (χ3v) is 11.1. The average Bonchev–Trinajstić information content (AvgIpc) is 3.63. The molecule has 6 heteroatoms. The first-order valence-corrected chi connectivity index (χ1v) is 18.4. The molecule has 0 amide bonds. The molecule has 0 saturated heterocycles. The van der Waals surface area contributed by atoms with Crippen LogP contribution in [0, 0.1) is 25.0 Å². The molecule has 5 nitrogen and oxygen atoms in total.